The number of nitrogens with zero attached hydrogens (tertiary/aromatic N) is 1. The maximum Gasteiger partial charge on any atom is 0.128 e. The summed E-state index contributed by atoms with van der Waals surface area (Å²) >= 11 is 0. The zero-order valence-corrected chi connectivity index (χ0v) is 11.1. The Morgan fingerprint density at radius 1 is 1.22 bits per heavy atom. The molecule has 0 heterocycles. The fourth-order valence-corrected chi connectivity index (χ4v) is 1.63. The predicted molar refractivity (Wildman–Crippen MR) is 71.7 cm³/mol. The number of rotatable bonds is 8. The molecule has 18 heavy (non-hydrogen) atoms. The van der Waals surface area contributed by atoms with Gasteiger partial charge in [0, 0.05) is 25.2 Å². The monoisotopic (exact) mass is 251 g/mol. The van der Waals surface area contributed by atoms with Crippen LogP contribution >= 0.6 is 0 Å². The van der Waals surface area contributed by atoms with Gasteiger partial charge in [0.1, 0.15) is 5.75 Å². The average Bonchev–Trinajstić information content (AvgIpc) is 2.41. The third-order valence-corrected chi connectivity index (χ3v) is 2.55. The third kappa shape index (κ3) is 4.37. The van der Waals surface area contributed by atoms with Gasteiger partial charge in [0.05, 0.1) is 12.3 Å². The van der Waals surface area contributed by atoms with Gasteiger partial charge in [-0.2, -0.15) is 0 Å². The summed E-state index contributed by atoms with van der Waals surface area (Å²) in [5.41, 5.74) is 1.48. The normalized spacial score (nSPS) is 11.6. The van der Waals surface area contributed by atoms with E-state index in [4.69, 9.17) is 14.7 Å². The Balaban J connectivity index is 2.59. The van der Waals surface area contributed by atoms with Crippen LogP contribution in [0.4, 0.5) is 0 Å². The van der Waals surface area contributed by atoms with Crippen LogP contribution in [-0.2, 0) is 4.74 Å². The second-order valence-electron chi connectivity index (χ2n) is 3.80. The molecule has 0 amide bonds. The number of para-hydroxylation sites is 1. The molecule has 1 aromatic rings. The van der Waals surface area contributed by atoms with Gasteiger partial charge in [-0.15, -0.1) is 0 Å². The van der Waals surface area contributed by atoms with Crippen molar-refractivity contribution in [3.05, 3.63) is 29.8 Å². The molecule has 0 bridgehead atoms. The van der Waals surface area contributed by atoms with Gasteiger partial charge < -0.3 is 14.7 Å². The van der Waals surface area contributed by atoms with Crippen molar-refractivity contribution in [1.82, 2.24) is 0 Å². The third-order valence-electron chi connectivity index (χ3n) is 2.55. The Hall–Kier alpha value is -1.55. The predicted octanol–water partition coefficient (Wildman–Crippen LogP) is 3.08. The molecule has 0 spiro atoms. The van der Waals surface area contributed by atoms with Crippen molar-refractivity contribution in [2.75, 3.05) is 19.8 Å². The summed E-state index contributed by atoms with van der Waals surface area (Å²) in [6.07, 6.45) is 1.51. The molecule has 0 unspecified atom stereocenters. The Morgan fingerprint density at radius 2 is 2.00 bits per heavy atom. The van der Waals surface area contributed by atoms with Gasteiger partial charge in [0.2, 0.25) is 0 Å². The maximum atomic E-state index is 8.96. The lowest BCUT2D eigenvalue weighted by Gasteiger charge is -2.11. The van der Waals surface area contributed by atoms with Crippen molar-refractivity contribution in [3.63, 3.8) is 0 Å². The molecule has 1 rings (SSSR count). The van der Waals surface area contributed by atoms with Crippen LogP contribution in [0, 0.1) is 0 Å². The fourth-order valence-electron chi connectivity index (χ4n) is 1.63. The van der Waals surface area contributed by atoms with Crippen LogP contribution in [0.2, 0.25) is 0 Å². The summed E-state index contributed by atoms with van der Waals surface area (Å²) < 4.78 is 10.9. The van der Waals surface area contributed by atoms with E-state index in [1.54, 1.807) is 0 Å². The second-order valence-corrected chi connectivity index (χ2v) is 3.80. The van der Waals surface area contributed by atoms with E-state index in [9.17, 15) is 0 Å². The minimum absolute atomic E-state index is 0.597. The molecular weight excluding hydrogens is 230 g/mol. The van der Waals surface area contributed by atoms with Gasteiger partial charge in [-0.25, -0.2) is 0 Å². The summed E-state index contributed by atoms with van der Waals surface area (Å²) in [6, 6.07) is 7.60. The molecule has 100 valence electrons. The molecule has 1 N–H and O–H groups in total. The molecule has 0 radical (unpaired) electrons. The Labute approximate surface area is 108 Å². The Kier molecular flexibility index (Phi) is 6.87. The quantitative estimate of drug-likeness (QED) is 0.334. The van der Waals surface area contributed by atoms with Crippen LogP contribution < -0.4 is 4.74 Å². The SMILES string of the molecule is CCOCCCOc1ccccc1C(CC)=NO. The van der Waals surface area contributed by atoms with Crippen molar-refractivity contribution in [3.8, 4) is 5.75 Å². The smallest absolute Gasteiger partial charge is 0.128 e. The van der Waals surface area contributed by atoms with Gasteiger partial charge in [-0.3, -0.25) is 0 Å². The minimum Gasteiger partial charge on any atom is -0.493 e. The lowest BCUT2D eigenvalue weighted by Crippen LogP contribution is -2.07. The van der Waals surface area contributed by atoms with Crippen molar-refractivity contribution in [2.24, 2.45) is 5.16 Å². The Morgan fingerprint density at radius 3 is 2.67 bits per heavy atom. The fraction of sp³-hybridized carbons (Fsp3) is 0.500. The molecule has 0 saturated carbocycles. The van der Waals surface area contributed by atoms with Crippen LogP contribution in [0.25, 0.3) is 0 Å². The summed E-state index contributed by atoms with van der Waals surface area (Å²) in [6.45, 7) is 5.95. The zero-order chi connectivity index (χ0) is 13.2. The maximum absolute atomic E-state index is 8.96. The lowest BCUT2D eigenvalue weighted by molar-refractivity contribution is 0.131. The van der Waals surface area contributed by atoms with Crippen molar-refractivity contribution in [1.29, 1.82) is 0 Å². The van der Waals surface area contributed by atoms with E-state index in [1.165, 1.54) is 0 Å². The van der Waals surface area contributed by atoms with Crippen LogP contribution in [0.1, 0.15) is 32.3 Å². The van der Waals surface area contributed by atoms with E-state index in [2.05, 4.69) is 5.16 Å². The number of hydrogen-bond acceptors (Lipinski definition) is 4. The number of oxime groups is 1. The topological polar surface area (TPSA) is 51.0 Å². The molecule has 0 saturated heterocycles. The van der Waals surface area contributed by atoms with E-state index >= 15 is 0 Å². The zero-order valence-electron chi connectivity index (χ0n) is 11.1. The molecule has 4 heteroatoms. The molecule has 0 aliphatic rings. The first-order chi connectivity index (χ1) is 8.83. The minimum atomic E-state index is 0.597. The first-order valence-corrected chi connectivity index (χ1v) is 6.34. The standard InChI is InChI=1S/C14H21NO3/c1-3-13(15-16)12-8-5-6-9-14(12)18-11-7-10-17-4-2/h5-6,8-9,16H,3-4,7,10-11H2,1-2H3. The second kappa shape index (κ2) is 8.53. The highest BCUT2D eigenvalue weighted by atomic mass is 16.5. The molecule has 4 nitrogen and oxygen atoms in total. The summed E-state index contributed by atoms with van der Waals surface area (Å²) in [4.78, 5) is 0. The van der Waals surface area contributed by atoms with Crippen molar-refractivity contribution < 1.29 is 14.7 Å². The van der Waals surface area contributed by atoms with E-state index < -0.39 is 0 Å². The molecular formula is C14H21NO3. The van der Waals surface area contributed by atoms with Crippen LogP contribution in [0.5, 0.6) is 5.75 Å². The van der Waals surface area contributed by atoms with Crippen molar-refractivity contribution in [2.45, 2.75) is 26.7 Å². The van der Waals surface area contributed by atoms with E-state index in [0.717, 1.165) is 24.3 Å². The highest BCUT2D eigenvalue weighted by Crippen LogP contribution is 2.20. The Bertz CT molecular complexity index is 377. The molecule has 0 aromatic heterocycles. The van der Waals surface area contributed by atoms with E-state index in [-0.39, 0.29) is 0 Å². The van der Waals surface area contributed by atoms with Crippen LogP contribution in [-0.4, -0.2) is 30.7 Å². The average molecular weight is 251 g/mol. The van der Waals surface area contributed by atoms with E-state index in [1.807, 2.05) is 38.1 Å². The van der Waals surface area contributed by atoms with Crippen LogP contribution in [0.15, 0.2) is 29.4 Å². The van der Waals surface area contributed by atoms with Gasteiger partial charge >= 0.3 is 0 Å². The summed E-state index contributed by atoms with van der Waals surface area (Å²) in [7, 11) is 0. The number of benzene rings is 1. The lowest BCUT2D eigenvalue weighted by atomic mass is 10.1. The summed E-state index contributed by atoms with van der Waals surface area (Å²) in [5.74, 6) is 0.753. The van der Waals surface area contributed by atoms with Crippen LogP contribution in [0.3, 0.4) is 0 Å². The van der Waals surface area contributed by atoms with Gasteiger partial charge in [-0.05, 0) is 25.5 Å². The highest BCUT2D eigenvalue weighted by molar-refractivity contribution is 6.02. The number of ether oxygens (including phenoxy) is 2. The molecule has 0 fully saturated rings. The highest BCUT2D eigenvalue weighted by Gasteiger charge is 2.08. The molecule has 0 aliphatic carbocycles. The van der Waals surface area contributed by atoms with Gasteiger partial charge in [-0.1, -0.05) is 24.2 Å². The summed E-state index contributed by atoms with van der Waals surface area (Å²) in [5, 5.41) is 12.3. The molecule has 1 aromatic carbocycles. The molecule has 0 aliphatic heterocycles. The largest absolute Gasteiger partial charge is 0.493 e. The first kappa shape index (κ1) is 14.5. The van der Waals surface area contributed by atoms with E-state index in [0.29, 0.717) is 25.3 Å². The first-order valence-electron chi connectivity index (χ1n) is 6.34. The molecule has 0 atom stereocenters. The van der Waals surface area contributed by atoms with Gasteiger partial charge in [0.25, 0.3) is 0 Å². The number of hydrogen-bond donors (Lipinski definition) is 1. The van der Waals surface area contributed by atoms with Gasteiger partial charge in [0.15, 0.2) is 0 Å². The van der Waals surface area contributed by atoms with Crippen molar-refractivity contribution >= 4 is 5.71 Å².